The third kappa shape index (κ3) is 1.56. The normalized spacial score (nSPS) is 13.0. The lowest BCUT2D eigenvalue weighted by atomic mass is 10.1. The van der Waals surface area contributed by atoms with Gasteiger partial charge in [0.05, 0.1) is 6.10 Å². The van der Waals surface area contributed by atoms with Gasteiger partial charge in [0.25, 0.3) is 0 Å². The summed E-state index contributed by atoms with van der Waals surface area (Å²) in [5.41, 5.74) is 6.09. The van der Waals surface area contributed by atoms with Gasteiger partial charge in [0.2, 0.25) is 0 Å². The summed E-state index contributed by atoms with van der Waals surface area (Å²) in [7, 11) is 0. The van der Waals surface area contributed by atoms with Gasteiger partial charge in [-0.3, -0.25) is 0 Å². The minimum Gasteiger partial charge on any atom is -0.387 e. The minimum atomic E-state index is -0.533. The van der Waals surface area contributed by atoms with Crippen LogP contribution in [0.4, 0.5) is 0 Å². The van der Waals surface area contributed by atoms with Gasteiger partial charge in [-0.1, -0.05) is 24.3 Å². The highest BCUT2D eigenvalue weighted by Gasteiger charge is 2.01. The van der Waals surface area contributed by atoms with Gasteiger partial charge in [-0.05, 0) is 11.6 Å². The van der Waals surface area contributed by atoms with E-state index >= 15 is 0 Å². The third-order valence-electron chi connectivity index (χ3n) is 1.35. The Kier molecular flexibility index (Phi) is 2.42. The molecule has 1 rings (SSSR count). The number of rotatable bonds is 2. The smallest absolute Gasteiger partial charge is 0.0912 e. The summed E-state index contributed by atoms with van der Waals surface area (Å²) in [5.74, 6) is 0. The van der Waals surface area contributed by atoms with E-state index in [0.29, 0.717) is 0 Å². The van der Waals surface area contributed by atoms with Crippen molar-refractivity contribution in [2.24, 2.45) is 5.73 Å². The molecule has 2 nitrogen and oxygen atoms in total. The van der Waals surface area contributed by atoms with Gasteiger partial charge < -0.3 is 10.8 Å². The van der Waals surface area contributed by atoms with Crippen LogP contribution in [0.5, 0.6) is 0 Å². The van der Waals surface area contributed by atoms with Crippen LogP contribution in [-0.2, 0) is 0 Å². The Hall–Kier alpha value is -0.860. The van der Waals surface area contributed by atoms with Crippen molar-refractivity contribution in [2.75, 3.05) is 6.54 Å². The average Bonchev–Trinajstić information content (AvgIpc) is 2.05. The van der Waals surface area contributed by atoms with Gasteiger partial charge in [-0.15, -0.1) is 0 Å². The first-order valence-corrected chi connectivity index (χ1v) is 3.18. The maximum atomic E-state index is 9.19. The number of hydrogen-bond donors (Lipinski definition) is 2. The van der Waals surface area contributed by atoms with E-state index in [1.807, 2.05) is 0 Å². The molecule has 1 aromatic carbocycles. The molecule has 0 saturated heterocycles. The molecular weight excluding hydrogens is 126 g/mol. The molecular formula is C8H10NO. The van der Waals surface area contributed by atoms with Crippen molar-refractivity contribution in [2.45, 2.75) is 6.10 Å². The van der Waals surface area contributed by atoms with E-state index < -0.39 is 6.10 Å². The van der Waals surface area contributed by atoms with Crippen LogP contribution in [0, 0.1) is 6.07 Å². The van der Waals surface area contributed by atoms with E-state index in [-0.39, 0.29) is 6.54 Å². The van der Waals surface area contributed by atoms with Gasteiger partial charge in [0, 0.05) is 6.54 Å². The van der Waals surface area contributed by atoms with Crippen molar-refractivity contribution < 1.29 is 5.11 Å². The van der Waals surface area contributed by atoms with Crippen LogP contribution < -0.4 is 5.73 Å². The SMILES string of the molecule is NCC(O)c1cc[c]cc1. The van der Waals surface area contributed by atoms with E-state index in [4.69, 9.17) is 5.73 Å². The number of benzene rings is 1. The fourth-order valence-corrected chi connectivity index (χ4v) is 0.758. The number of aliphatic hydroxyl groups excluding tert-OH is 1. The molecule has 0 bridgehead atoms. The monoisotopic (exact) mass is 136 g/mol. The number of aliphatic hydroxyl groups is 1. The largest absolute Gasteiger partial charge is 0.387 e. The van der Waals surface area contributed by atoms with Crippen LogP contribution in [0.25, 0.3) is 0 Å². The molecule has 0 heterocycles. The molecule has 0 spiro atoms. The first-order valence-electron chi connectivity index (χ1n) is 3.18. The van der Waals surface area contributed by atoms with Crippen molar-refractivity contribution in [3.63, 3.8) is 0 Å². The first kappa shape index (κ1) is 7.25. The van der Waals surface area contributed by atoms with Crippen molar-refractivity contribution in [3.05, 3.63) is 35.9 Å². The molecule has 0 aliphatic carbocycles. The molecule has 1 radical (unpaired) electrons. The van der Waals surface area contributed by atoms with E-state index in [0.717, 1.165) is 5.56 Å². The lowest BCUT2D eigenvalue weighted by molar-refractivity contribution is 0.187. The van der Waals surface area contributed by atoms with Gasteiger partial charge >= 0.3 is 0 Å². The zero-order valence-electron chi connectivity index (χ0n) is 5.62. The maximum absolute atomic E-state index is 9.19. The Morgan fingerprint density at radius 1 is 1.50 bits per heavy atom. The highest BCUT2D eigenvalue weighted by Crippen LogP contribution is 2.08. The van der Waals surface area contributed by atoms with Crippen LogP contribution in [0.1, 0.15) is 11.7 Å². The van der Waals surface area contributed by atoms with E-state index in [1.165, 1.54) is 0 Å². The molecule has 0 aliphatic heterocycles. The average molecular weight is 136 g/mol. The topological polar surface area (TPSA) is 46.2 Å². The zero-order valence-corrected chi connectivity index (χ0v) is 5.62. The lowest BCUT2D eigenvalue weighted by Crippen LogP contribution is -2.10. The second kappa shape index (κ2) is 3.34. The maximum Gasteiger partial charge on any atom is 0.0912 e. The molecule has 1 aromatic rings. The van der Waals surface area contributed by atoms with E-state index in [9.17, 15) is 5.11 Å². The number of hydrogen-bond acceptors (Lipinski definition) is 2. The Morgan fingerprint density at radius 3 is 2.60 bits per heavy atom. The van der Waals surface area contributed by atoms with Crippen LogP contribution in [0.15, 0.2) is 24.3 Å². The van der Waals surface area contributed by atoms with Gasteiger partial charge in [-0.25, -0.2) is 0 Å². The third-order valence-corrected chi connectivity index (χ3v) is 1.35. The van der Waals surface area contributed by atoms with Crippen LogP contribution in [0.3, 0.4) is 0 Å². The van der Waals surface area contributed by atoms with E-state index in [1.54, 1.807) is 24.3 Å². The molecule has 10 heavy (non-hydrogen) atoms. The molecule has 0 aromatic heterocycles. The molecule has 3 N–H and O–H groups in total. The Bertz CT molecular complexity index is 186. The summed E-state index contributed by atoms with van der Waals surface area (Å²) in [6.45, 7) is 0.268. The summed E-state index contributed by atoms with van der Waals surface area (Å²) in [4.78, 5) is 0. The van der Waals surface area contributed by atoms with Crippen molar-refractivity contribution in [1.82, 2.24) is 0 Å². The van der Waals surface area contributed by atoms with E-state index in [2.05, 4.69) is 6.07 Å². The second-order valence-corrected chi connectivity index (χ2v) is 2.08. The zero-order chi connectivity index (χ0) is 7.40. The number of nitrogens with two attached hydrogens (primary N) is 1. The van der Waals surface area contributed by atoms with Crippen LogP contribution in [-0.4, -0.2) is 11.7 Å². The van der Waals surface area contributed by atoms with Crippen molar-refractivity contribution >= 4 is 0 Å². The predicted molar refractivity (Wildman–Crippen MR) is 39.3 cm³/mol. The van der Waals surface area contributed by atoms with Crippen LogP contribution in [0.2, 0.25) is 0 Å². The highest BCUT2D eigenvalue weighted by molar-refractivity contribution is 5.16. The summed E-state index contributed by atoms with van der Waals surface area (Å²) < 4.78 is 0. The fourth-order valence-electron chi connectivity index (χ4n) is 0.758. The van der Waals surface area contributed by atoms with Gasteiger partial charge in [-0.2, -0.15) is 0 Å². The molecule has 1 unspecified atom stereocenters. The first-order chi connectivity index (χ1) is 4.84. The molecule has 0 aliphatic rings. The fraction of sp³-hybridized carbons (Fsp3) is 0.250. The van der Waals surface area contributed by atoms with Crippen LogP contribution >= 0.6 is 0 Å². The Morgan fingerprint density at radius 2 is 2.10 bits per heavy atom. The summed E-state index contributed by atoms with van der Waals surface area (Å²) in [6, 6.07) is 9.98. The Labute approximate surface area is 60.3 Å². The van der Waals surface area contributed by atoms with Gasteiger partial charge in [0.15, 0.2) is 0 Å². The summed E-state index contributed by atoms with van der Waals surface area (Å²) >= 11 is 0. The molecule has 53 valence electrons. The molecule has 0 saturated carbocycles. The standard InChI is InChI=1S/C8H10NO/c9-6-8(10)7-4-2-1-3-5-7/h2-5,8,10H,6,9H2. The lowest BCUT2D eigenvalue weighted by Gasteiger charge is -2.05. The molecule has 0 amide bonds. The minimum absolute atomic E-state index is 0.268. The van der Waals surface area contributed by atoms with Crippen molar-refractivity contribution in [3.8, 4) is 0 Å². The molecule has 0 fully saturated rings. The molecule has 2 heteroatoms. The van der Waals surface area contributed by atoms with Gasteiger partial charge in [0.1, 0.15) is 0 Å². The summed E-state index contributed by atoms with van der Waals surface area (Å²) in [5, 5.41) is 9.19. The highest BCUT2D eigenvalue weighted by atomic mass is 16.3. The second-order valence-electron chi connectivity index (χ2n) is 2.08. The predicted octanol–water partition coefficient (Wildman–Crippen LogP) is 0.479. The summed E-state index contributed by atoms with van der Waals surface area (Å²) in [6.07, 6.45) is -0.533. The molecule has 1 atom stereocenters. The Balaban J connectivity index is 2.75. The quantitative estimate of drug-likeness (QED) is 0.621. The van der Waals surface area contributed by atoms with Crippen molar-refractivity contribution in [1.29, 1.82) is 0 Å².